The van der Waals surface area contributed by atoms with Gasteiger partial charge in [-0.25, -0.2) is 0 Å². The third-order valence-corrected chi connectivity index (χ3v) is 3.04. The van der Waals surface area contributed by atoms with Gasteiger partial charge >= 0.3 is 11.9 Å². The Bertz CT molecular complexity index is 408. The molecule has 5 heteroatoms. The topological polar surface area (TPSA) is 63.6 Å². The molecule has 0 aromatic rings. The van der Waals surface area contributed by atoms with Gasteiger partial charge in [0.2, 0.25) is 0 Å². The Morgan fingerprint density at radius 3 is 2.26 bits per heavy atom. The molecule has 1 unspecified atom stereocenters. The van der Waals surface area contributed by atoms with Gasteiger partial charge in [-0.3, -0.25) is 9.59 Å². The fraction of sp³-hybridized carbons (Fsp3) is 0.667. The van der Waals surface area contributed by atoms with Crippen LogP contribution in [0.2, 0.25) is 0 Å². The van der Waals surface area contributed by atoms with Gasteiger partial charge in [-0.15, -0.1) is 0 Å². The molecule has 0 heterocycles. The minimum Gasteiger partial charge on any atom is -0.481 e. The number of carboxylic acids is 1. The highest BCUT2D eigenvalue weighted by Gasteiger charge is 2.24. The molecule has 0 radical (unpaired) electrons. The van der Waals surface area contributed by atoms with E-state index in [1.807, 2.05) is 39.4 Å². The number of unbranched alkanes of at least 4 members (excludes halogenated alkanes) is 2. The SMILES string of the molecule is CCC/C=C/C=C/CCCC(=O)OC(CC(=O)O)C[N+](C)(C)C. The third kappa shape index (κ3) is 15.1. The molecule has 5 nitrogen and oxygen atoms in total. The second-order valence-corrected chi connectivity index (χ2v) is 6.72. The maximum Gasteiger partial charge on any atom is 0.307 e. The van der Waals surface area contributed by atoms with Crippen LogP contribution in [0.1, 0.15) is 45.4 Å². The second kappa shape index (κ2) is 11.9. The lowest BCUT2D eigenvalue weighted by atomic mass is 10.2. The van der Waals surface area contributed by atoms with Gasteiger partial charge in [-0.05, 0) is 19.3 Å². The first-order chi connectivity index (χ1) is 10.7. The van der Waals surface area contributed by atoms with Gasteiger partial charge < -0.3 is 14.3 Å². The van der Waals surface area contributed by atoms with Crippen LogP contribution in [-0.2, 0) is 14.3 Å². The van der Waals surface area contributed by atoms with Crippen LogP contribution in [0.5, 0.6) is 0 Å². The summed E-state index contributed by atoms with van der Waals surface area (Å²) < 4.78 is 5.88. The minimum atomic E-state index is -0.946. The normalized spacial score (nSPS) is 13.6. The molecule has 1 atom stereocenters. The lowest BCUT2D eigenvalue weighted by molar-refractivity contribution is -0.873. The van der Waals surface area contributed by atoms with Crippen LogP contribution < -0.4 is 0 Å². The van der Waals surface area contributed by atoms with Gasteiger partial charge in [0.05, 0.1) is 27.6 Å². The molecule has 0 aliphatic rings. The number of hydrogen-bond donors (Lipinski definition) is 1. The molecule has 0 saturated heterocycles. The summed E-state index contributed by atoms with van der Waals surface area (Å²) in [4.78, 5) is 22.7. The van der Waals surface area contributed by atoms with Crippen molar-refractivity contribution in [3.63, 3.8) is 0 Å². The Balaban J connectivity index is 4.10. The highest BCUT2D eigenvalue weighted by molar-refractivity contribution is 5.71. The average molecular weight is 326 g/mol. The zero-order valence-electron chi connectivity index (χ0n) is 15.0. The maximum absolute atomic E-state index is 11.8. The molecule has 0 aromatic heterocycles. The number of hydrogen-bond acceptors (Lipinski definition) is 3. The zero-order valence-corrected chi connectivity index (χ0v) is 15.0. The summed E-state index contributed by atoms with van der Waals surface area (Å²) in [7, 11) is 5.83. The summed E-state index contributed by atoms with van der Waals surface area (Å²) in [6, 6.07) is 0. The Hall–Kier alpha value is -1.62. The number of esters is 1. The quantitative estimate of drug-likeness (QED) is 0.259. The Labute approximate surface area is 140 Å². The van der Waals surface area contributed by atoms with E-state index in [0.29, 0.717) is 23.9 Å². The van der Waals surface area contributed by atoms with Crippen LogP contribution in [0.3, 0.4) is 0 Å². The summed E-state index contributed by atoms with van der Waals surface area (Å²) in [6.45, 7) is 2.62. The molecule has 0 fully saturated rings. The molecule has 1 N–H and O–H groups in total. The molecule has 0 saturated carbocycles. The van der Waals surface area contributed by atoms with Crippen molar-refractivity contribution in [1.82, 2.24) is 0 Å². The summed E-state index contributed by atoms with van der Waals surface area (Å²) in [5.41, 5.74) is 0. The standard InChI is InChI=1S/C18H31NO4/c1-5-6-7-8-9-10-11-12-13-18(22)23-16(14-17(20)21)15-19(2,3)4/h7-10,16H,5-6,11-15H2,1-4H3/p+1/b8-7+,10-9+. The van der Waals surface area contributed by atoms with Crippen molar-refractivity contribution < 1.29 is 23.9 Å². The molecule has 0 aromatic carbocycles. The van der Waals surface area contributed by atoms with E-state index in [0.717, 1.165) is 19.3 Å². The van der Waals surface area contributed by atoms with E-state index in [4.69, 9.17) is 9.84 Å². The largest absolute Gasteiger partial charge is 0.481 e. The molecule has 0 aliphatic heterocycles. The van der Waals surface area contributed by atoms with Crippen LogP contribution in [0, 0.1) is 0 Å². The first kappa shape index (κ1) is 21.4. The van der Waals surface area contributed by atoms with Crippen molar-refractivity contribution in [3.8, 4) is 0 Å². The number of quaternary nitrogens is 1. The van der Waals surface area contributed by atoms with Crippen LogP contribution >= 0.6 is 0 Å². The first-order valence-electron chi connectivity index (χ1n) is 8.28. The Kier molecular flexibility index (Phi) is 11.0. The van der Waals surface area contributed by atoms with Crippen molar-refractivity contribution in [3.05, 3.63) is 24.3 Å². The van der Waals surface area contributed by atoms with Crippen molar-refractivity contribution in [2.24, 2.45) is 0 Å². The van der Waals surface area contributed by atoms with Crippen LogP contribution in [0.4, 0.5) is 0 Å². The van der Waals surface area contributed by atoms with Gasteiger partial charge in [0.1, 0.15) is 6.54 Å². The number of nitrogens with zero attached hydrogens (tertiary/aromatic N) is 1. The van der Waals surface area contributed by atoms with Gasteiger partial charge in [0.25, 0.3) is 0 Å². The van der Waals surface area contributed by atoms with Crippen LogP contribution in [0.15, 0.2) is 24.3 Å². The molecular weight excluding hydrogens is 294 g/mol. The van der Waals surface area contributed by atoms with E-state index < -0.39 is 12.1 Å². The first-order valence-corrected chi connectivity index (χ1v) is 8.28. The average Bonchev–Trinajstić information content (AvgIpc) is 2.39. The predicted octanol–water partition coefficient (Wildman–Crippen LogP) is 3.16. The lowest BCUT2D eigenvalue weighted by Crippen LogP contribution is -2.43. The van der Waals surface area contributed by atoms with Gasteiger partial charge in [-0.2, -0.15) is 0 Å². The monoisotopic (exact) mass is 326 g/mol. The van der Waals surface area contributed by atoms with Crippen molar-refractivity contribution >= 4 is 11.9 Å². The maximum atomic E-state index is 11.8. The molecule has 132 valence electrons. The molecule has 0 amide bonds. The van der Waals surface area contributed by atoms with Crippen molar-refractivity contribution in [2.75, 3.05) is 27.7 Å². The van der Waals surface area contributed by atoms with E-state index >= 15 is 0 Å². The van der Waals surface area contributed by atoms with Crippen LogP contribution in [0.25, 0.3) is 0 Å². The van der Waals surface area contributed by atoms with Crippen LogP contribution in [-0.4, -0.2) is 55.3 Å². The molecule has 0 rings (SSSR count). The Morgan fingerprint density at radius 1 is 1.13 bits per heavy atom. The lowest BCUT2D eigenvalue weighted by Gasteiger charge is -2.28. The van der Waals surface area contributed by atoms with Crippen molar-refractivity contribution in [1.29, 1.82) is 0 Å². The van der Waals surface area contributed by atoms with Gasteiger partial charge in [0.15, 0.2) is 6.10 Å². The summed E-state index contributed by atoms with van der Waals surface area (Å²) in [5.74, 6) is -1.27. The summed E-state index contributed by atoms with van der Waals surface area (Å²) in [5, 5.41) is 8.91. The molecule has 0 bridgehead atoms. The van der Waals surface area contributed by atoms with E-state index in [1.165, 1.54) is 0 Å². The van der Waals surface area contributed by atoms with E-state index in [9.17, 15) is 9.59 Å². The summed E-state index contributed by atoms with van der Waals surface area (Å²) in [6.07, 6.45) is 11.5. The fourth-order valence-corrected chi connectivity index (χ4v) is 2.07. The number of ether oxygens (including phenoxy) is 1. The van der Waals surface area contributed by atoms with Gasteiger partial charge in [0, 0.05) is 6.42 Å². The number of carboxylic acid groups (broad SMARTS) is 1. The molecular formula is C18H32NO4+. The molecule has 0 aliphatic carbocycles. The second-order valence-electron chi connectivity index (χ2n) is 6.72. The number of carbonyl (C=O) groups excluding carboxylic acids is 1. The molecule has 0 spiro atoms. The number of rotatable bonds is 12. The van der Waals surface area contributed by atoms with E-state index in [2.05, 4.69) is 13.0 Å². The third-order valence-electron chi connectivity index (χ3n) is 3.04. The zero-order chi connectivity index (χ0) is 17.7. The number of aliphatic carboxylic acids is 1. The van der Waals surface area contributed by atoms with E-state index in [-0.39, 0.29) is 12.4 Å². The predicted molar refractivity (Wildman–Crippen MR) is 92.1 cm³/mol. The number of carbonyl (C=O) groups is 2. The minimum absolute atomic E-state index is 0.149. The highest BCUT2D eigenvalue weighted by Crippen LogP contribution is 2.08. The number of likely N-dealkylation sites (N-methyl/N-ethyl adjacent to an activating group) is 1. The number of allylic oxidation sites excluding steroid dienone is 4. The summed E-state index contributed by atoms with van der Waals surface area (Å²) >= 11 is 0. The van der Waals surface area contributed by atoms with Gasteiger partial charge in [-0.1, -0.05) is 37.6 Å². The molecule has 23 heavy (non-hydrogen) atoms. The van der Waals surface area contributed by atoms with Crippen molar-refractivity contribution in [2.45, 2.75) is 51.6 Å². The highest BCUT2D eigenvalue weighted by atomic mass is 16.5. The smallest absolute Gasteiger partial charge is 0.307 e. The Morgan fingerprint density at radius 2 is 1.74 bits per heavy atom. The van der Waals surface area contributed by atoms with E-state index in [1.54, 1.807) is 0 Å². The fourth-order valence-electron chi connectivity index (χ4n) is 2.07.